The predicted octanol–water partition coefficient (Wildman–Crippen LogP) is 2.42. The summed E-state index contributed by atoms with van der Waals surface area (Å²) in [4.78, 5) is 11.6. The minimum Gasteiger partial charge on any atom is -0.444 e. The summed E-state index contributed by atoms with van der Waals surface area (Å²) in [7, 11) is 0. The molecule has 4 heteroatoms. The third kappa shape index (κ3) is 6.67. The lowest BCUT2D eigenvalue weighted by molar-refractivity contribution is 0.0454. The SMILES string of the molecule is CCCC(C)(CCN)NC(=O)OC(C)(C)C. The fourth-order valence-corrected chi connectivity index (χ4v) is 1.67. The number of amides is 1. The highest BCUT2D eigenvalue weighted by Crippen LogP contribution is 2.17. The van der Waals surface area contributed by atoms with Crippen LogP contribution in [-0.2, 0) is 4.74 Å². The Bertz CT molecular complexity index is 216. The van der Waals surface area contributed by atoms with Crippen molar-refractivity contribution in [1.29, 1.82) is 0 Å². The van der Waals surface area contributed by atoms with E-state index in [1.165, 1.54) is 0 Å². The Hall–Kier alpha value is -0.770. The Morgan fingerprint density at radius 1 is 1.25 bits per heavy atom. The number of rotatable bonds is 5. The predicted molar refractivity (Wildman–Crippen MR) is 66.4 cm³/mol. The first-order valence-electron chi connectivity index (χ1n) is 5.93. The summed E-state index contributed by atoms with van der Waals surface area (Å²) in [6.07, 6.45) is 2.31. The molecule has 0 rings (SSSR count). The fraction of sp³-hybridized carbons (Fsp3) is 0.917. The Labute approximate surface area is 98.9 Å². The van der Waals surface area contributed by atoms with Crippen LogP contribution in [0.1, 0.15) is 53.9 Å². The third-order valence-corrected chi connectivity index (χ3v) is 2.30. The van der Waals surface area contributed by atoms with Crippen molar-refractivity contribution in [2.24, 2.45) is 5.73 Å². The Morgan fingerprint density at radius 2 is 1.81 bits per heavy atom. The zero-order valence-corrected chi connectivity index (χ0v) is 11.2. The van der Waals surface area contributed by atoms with Gasteiger partial charge in [-0.2, -0.15) is 0 Å². The molecule has 0 aromatic carbocycles. The molecule has 0 heterocycles. The van der Waals surface area contributed by atoms with Crippen molar-refractivity contribution in [2.45, 2.75) is 65.0 Å². The van der Waals surface area contributed by atoms with Gasteiger partial charge in [0.15, 0.2) is 0 Å². The topological polar surface area (TPSA) is 64.3 Å². The van der Waals surface area contributed by atoms with Crippen LogP contribution in [0.5, 0.6) is 0 Å². The van der Waals surface area contributed by atoms with Gasteiger partial charge in [-0.05, 0) is 47.1 Å². The molecule has 0 saturated heterocycles. The minimum absolute atomic E-state index is 0.258. The molecule has 0 aliphatic heterocycles. The van der Waals surface area contributed by atoms with E-state index in [9.17, 15) is 4.79 Å². The molecule has 1 amide bonds. The normalized spacial score (nSPS) is 15.4. The van der Waals surface area contributed by atoms with Crippen molar-refractivity contribution in [1.82, 2.24) is 5.32 Å². The van der Waals surface area contributed by atoms with Crippen LogP contribution >= 0.6 is 0 Å². The van der Waals surface area contributed by atoms with Gasteiger partial charge in [0.05, 0.1) is 0 Å². The largest absolute Gasteiger partial charge is 0.444 e. The molecule has 0 aromatic heterocycles. The van der Waals surface area contributed by atoms with Crippen molar-refractivity contribution in [3.63, 3.8) is 0 Å². The van der Waals surface area contributed by atoms with Gasteiger partial charge in [-0.1, -0.05) is 13.3 Å². The lowest BCUT2D eigenvalue weighted by Gasteiger charge is -2.31. The third-order valence-electron chi connectivity index (χ3n) is 2.30. The maximum Gasteiger partial charge on any atom is 0.408 e. The van der Waals surface area contributed by atoms with Gasteiger partial charge in [0.25, 0.3) is 0 Å². The molecule has 1 atom stereocenters. The van der Waals surface area contributed by atoms with Crippen molar-refractivity contribution in [3.8, 4) is 0 Å². The number of nitrogens with two attached hydrogens (primary N) is 1. The van der Waals surface area contributed by atoms with E-state index in [1.807, 2.05) is 27.7 Å². The molecule has 0 aliphatic rings. The maximum absolute atomic E-state index is 11.6. The molecule has 16 heavy (non-hydrogen) atoms. The number of ether oxygens (including phenoxy) is 1. The van der Waals surface area contributed by atoms with E-state index in [2.05, 4.69) is 12.2 Å². The van der Waals surface area contributed by atoms with E-state index in [0.717, 1.165) is 19.3 Å². The van der Waals surface area contributed by atoms with Crippen LogP contribution in [0.15, 0.2) is 0 Å². The van der Waals surface area contributed by atoms with Gasteiger partial charge < -0.3 is 15.8 Å². The van der Waals surface area contributed by atoms with Gasteiger partial charge in [0.1, 0.15) is 5.60 Å². The quantitative estimate of drug-likeness (QED) is 0.762. The Balaban J connectivity index is 4.34. The number of carbonyl (C=O) groups is 1. The number of hydrogen-bond acceptors (Lipinski definition) is 3. The van der Waals surface area contributed by atoms with E-state index in [4.69, 9.17) is 10.5 Å². The molecule has 4 nitrogen and oxygen atoms in total. The molecule has 1 unspecified atom stereocenters. The molecule has 96 valence electrons. The molecule has 0 fully saturated rings. The van der Waals surface area contributed by atoms with E-state index in [0.29, 0.717) is 6.54 Å². The second-order valence-electron chi connectivity index (χ2n) is 5.48. The van der Waals surface area contributed by atoms with E-state index >= 15 is 0 Å². The second kappa shape index (κ2) is 6.09. The molecule has 0 spiro atoms. The average Bonchev–Trinajstić information content (AvgIpc) is 1.99. The summed E-state index contributed by atoms with van der Waals surface area (Å²) >= 11 is 0. The zero-order chi connectivity index (χ0) is 12.8. The minimum atomic E-state index is -0.458. The van der Waals surface area contributed by atoms with Crippen molar-refractivity contribution in [2.75, 3.05) is 6.54 Å². The lowest BCUT2D eigenvalue weighted by atomic mass is 9.92. The summed E-state index contributed by atoms with van der Waals surface area (Å²) < 4.78 is 5.24. The number of carbonyl (C=O) groups excluding carboxylic acids is 1. The number of hydrogen-bond donors (Lipinski definition) is 2. The molecular formula is C12H26N2O2. The second-order valence-corrected chi connectivity index (χ2v) is 5.48. The van der Waals surface area contributed by atoms with Crippen molar-refractivity contribution in [3.05, 3.63) is 0 Å². The molecule has 0 radical (unpaired) electrons. The highest BCUT2D eigenvalue weighted by Gasteiger charge is 2.27. The van der Waals surface area contributed by atoms with Gasteiger partial charge in [-0.3, -0.25) is 0 Å². The van der Waals surface area contributed by atoms with Crippen LogP contribution < -0.4 is 11.1 Å². The van der Waals surface area contributed by atoms with E-state index in [-0.39, 0.29) is 11.6 Å². The van der Waals surface area contributed by atoms with Crippen LogP contribution in [0.25, 0.3) is 0 Å². The molecule has 3 N–H and O–H groups in total. The summed E-state index contributed by atoms with van der Waals surface area (Å²) in [5.74, 6) is 0. The van der Waals surface area contributed by atoms with Crippen LogP contribution in [-0.4, -0.2) is 23.8 Å². The van der Waals surface area contributed by atoms with Crippen molar-refractivity contribution < 1.29 is 9.53 Å². The van der Waals surface area contributed by atoms with Gasteiger partial charge in [-0.25, -0.2) is 4.79 Å². The maximum atomic E-state index is 11.6. The summed E-state index contributed by atoms with van der Waals surface area (Å²) in [5, 5.41) is 2.91. The standard InChI is InChI=1S/C12H26N2O2/c1-6-7-12(5,8-9-13)14-10(15)16-11(2,3)4/h6-9,13H2,1-5H3,(H,14,15). The molecular weight excluding hydrogens is 204 g/mol. The van der Waals surface area contributed by atoms with Crippen LogP contribution in [0, 0.1) is 0 Å². The van der Waals surface area contributed by atoms with Gasteiger partial charge >= 0.3 is 6.09 Å². The van der Waals surface area contributed by atoms with E-state index < -0.39 is 5.60 Å². The van der Waals surface area contributed by atoms with Crippen LogP contribution in [0.2, 0.25) is 0 Å². The van der Waals surface area contributed by atoms with E-state index in [1.54, 1.807) is 0 Å². The highest BCUT2D eigenvalue weighted by molar-refractivity contribution is 5.68. The Kier molecular flexibility index (Phi) is 5.79. The van der Waals surface area contributed by atoms with Gasteiger partial charge in [0, 0.05) is 5.54 Å². The van der Waals surface area contributed by atoms with Crippen LogP contribution in [0.3, 0.4) is 0 Å². The molecule has 0 aliphatic carbocycles. The first kappa shape index (κ1) is 15.2. The molecule has 0 bridgehead atoms. The van der Waals surface area contributed by atoms with Gasteiger partial charge in [0.2, 0.25) is 0 Å². The zero-order valence-electron chi connectivity index (χ0n) is 11.2. The van der Waals surface area contributed by atoms with Crippen LogP contribution in [0.4, 0.5) is 4.79 Å². The van der Waals surface area contributed by atoms with Gasteiger partial charge in [-0.15, -0.1) is 0 Å². The van der Waals surface area contributed by atoms with Crippen molar-refractivity contribution >= 4 is 6.09 Å². The number of nitrogens with one attached hydrogen (secondary N) is 1. The first-order valence-corrected chi connectivity index (χ1v) is 5.93. The fourth-order valence-electron chi connectivity index (χ4n) is 1.67. The summed E-state index contributed by atoms with van der Waals surface area (Å²) in [6, 6.07) is 0. The average molecular weight is 230 g/mol. The number of alkyl carbamates (subject to hydrolysis) is 1. The molecule has 0 aromatic rings. The molecule has 0 saturated carbocycles. The summed E-state index contributed by atoms with van der Waals surface area (Å²) in [5.41, 5.74) is 4.84. The smallest absolute Gasteiger partial charge is 0.408 e. The Morgan fingerprint density at radius 3 is 2.19 bits per heavy atom. The first-order chi connectivity index (χ1) is 7.22. The monoisotopic (exact) mass is 230 g/mol. The summed E-state index contributed by atoms with van der Waals surface area (Å²) in [6.45, 7) is 10.2. The highest BCUT2D eigenvalue weighted by atomic mass is 16.6. The lowest BCUT2D eigenvalue weighted by Crippen LogP contribution is -2.48.